The minimum Gasteiger partial charge on any atom is -0.320 e. The third-order valence-corrected chi connectivity index (χ3v) is 3.42. The lowest BCUT2D eigenvalue weighted by Gasteiger charge is -2.29. The number of rotatable bonds is 3. The molecule has 19 heavy (non-hydrogen) atoms. The molecule has 0 fully saturated rings. The van der Waals surface area contributed by atoms with Crippen LogP contribution in [0, 0.1) is 0 Å². The predicted octanol–water partition coefficient (Wildman–Crippen LogP) is 3.28. The first kappa shape index (κ1) is 11.8. The Balaban J connectivity index is 1.68. The molecular weight excluding hydrogens is 236 g/mol. The number of amides is 2. The topological polar surface area (TPSA) is 32.3 Å². The summed E-state index contributed by atoms with van der Waals surface area (Å²) < 4.78 is 0. The summed E-state index contributed by atoms with van der Waals surface area (Å²) in [5, 5.41) is 2.93. The average Bonchev–Trinajstić information content (AvgIpc) is 2.46. The molecule has 0 aromatic heterocycles. The van der Waals surface area contributed by atoms with Crippen molar-refractivity contribution in [2.75, 3.05) is 11.9 Å². The molecule has 2 aromatic rings. The second-order valence-electron chi connectivity index (χ2n) is 4.74. The molecule has 1 aliphatic heterocycles. The van der Waals surface area contributed by atoms with E-state index >= 15 is 0 Å². The summed E-state index contributed by atoms with van der Waals surface area (Å²) in [5.74, 6) is 0. The van der Waals surface area contributed by atoms with Crippen molar-refractivity contribution in [3.8, 4) is 0 Å². The Morgan fingerprint density at radius 1 is 1.00 bits per heavy atom. The summed E-state index contributed by atoms with van der Waals surface area (Å²) in [7, 11) is 0. The second-order valence-corrected chi connectivity index (χ2v) is 4.74. The number of hydrogen-bond acceptors (Lipinski definition) is 1. The summed E-state index contributed by atoms with van der Waals surface area (Å²) in [6, 6.07) is 18.2. The molecule has 0 radical (unpaired) electrons. The van der Waals surface area contributed by atoms with Gasteiger partial charge in [-0.3, -0.25) is 0 Å². The highest BCUT2D eigenvalue weighted by atomic mass is 16.2. The molecule has 3 nitrogen and oxygen atoms in total. The fraction of sp³-hybridized carbons (Fsp3) is 0.188. The van der Waals surface area contributed by atoms with E-state index in [0.29, 0.717) is 6.54 Å². The molecule has 0 bridgehead atoms. The summed E-state index contributed by atoms with van der Waals surface area (Å²) in [6.45, 7) is 1.43. The summed E-state index contributed by atoms with van der Waals surface area (Å²) >= 11 is 0. The average molecular weight is 252 g/mol. The van der Waals surface area contributed by atoms with Crippen LogP contribution in [0.25, 0.3) is 0 Å². The van der Waals surface area contributed by atoms with Gasteiger partial charge in [0.1, 0.15) is 0 Å². The molecule has 1 aliphatic rings. The van der Waals surface area contributed by atoms with Gasteiger partial charge in [-0.2, -0.15) is 0 Å². The Morgan fingerprint density at radius 2 is 1.74 bits per heavy atom. The van der Waals surface area contributed by atoms with E-state index in [4.69, 9.17) is 0 Å². The van der Waals surface area contributed by atoms with E-state index in [9.17, 15) is 4.79 Å². The molecule has 3 rings (SSSR count). The van der Waals surface area contributed by atoms with Crippen LogP contribution in [0.5, 0.6) is 0 Å². The largest absolute Gasteiger partial charge is 0.322 e. The van der Waals surface area contributed by atoms with Crippen molar-refractivity contribution in [3.05, 3.63) is 65.7 Å². The second kappa shape index (κ2) is 5.14. The zero-order valence-corrected chi connectivity index (χ0v) is 10.7. The maximum absolute atomic E-state index is 12.0. The van der Waals surface area contributed by atoms with Crippen LogP contribution in [0.4, 0.5) is 10.5 Å². The molecule has 0 saturated heterocycles. The van der Waals surface area contributed by atoms with Crippen LogP contribution in [-0.2, 0) is 13.0 Å². The lowest BCUT2D eigenvalue weighted by Crippen LogP contribution is -2.39. The zero-order valence-electron chi connectivity index (χ0n) is 10.7. The molecule has 96 valence electrons. The molecule has 3 heteroatoms. The minimum absolute atomic E-state index is 0.00497. The molecule has 0 unspecified atom stereocenters. The lowest BCUT2D eigenvalue weighted by atomic mass is 10.1. The Labute approximate surface area is 112 Å². The highest BCUT2D eigenvalue weighted by molar-refractivity contribution is 5.92. The highest BCUT2D eigenvalue weighted by Crippen LogP contribution is 2.22. The van der Waals surface area contributed by atoms with Gasteiger partial charge in [0.25, 0.3) is 0 Å². The number of carbonyl (C=O) groups is 1. The first-order chi connectivity index (χ1) is 9.33. The van der Waals surface area contributed by atoms with Crippen LogP contribution >= 0.6 is 0 Å². The Morgan fingerprint density at radius 3 is 2.58 bits per heavy atom. The van der Waals surface area contributed by atoms with Crippen LogP contribution < -0.4 is 5.32 Å². The van der Waals surface area contributed by atoms with E-state index in [0.717, 1.165) is 18.7 Å². The van der Waals surface area contributed by atoms with E-state index in [1.165, 1.54) is 11.1 Å². The van der Waals surface area contributed by atoms with Crippen molar-refractivity contribution in [1.29, 1.82) is 0 Å². The standard InChI is InChI=1S/C16H16N2O/c19-16-17-15-9-5-4-8-14(15)12-18(16)11-10-13-6-2-1-3-7-13/h1-9H,10-12H2,(H,17,19). The lowest BCUT2D eigenvalue weighted by molar-refractivity contribution is 0.207. The molecule has 0 spiro atoms. The Bertz CT molecular complexity index is 580. The molecule has 0 atom stereocenters. The number of hydrogen-bond donors (Lipinski definition) is 1. The van der Waals surface area contributed by atoms with Crippen molar-refractivity contribution < 1.29 is 4.79 Å². The van der Waals surface area contributed by atoms with Crippen LogP contribution in [0.2, 0.25) is 0 Å². The van der Waals surface area contributed by atoms with Crippen LogP contribution in [-0.4, -0.2) is 17.5 Å². The molecule has 0 aliphatic carbocycles. The van der Waals surface area contributed by atoms with Crippen LogP contribution in [0.3, 0.4) is 0 Å². The fourth-order valence-corrected chi connectivity index (χ4v) is 2.34. The van der Waals surface area contributed by atoms with Crippen molar-refractivity contribution >= 4 is 11.7 Å². The van der Waals surface area contributed by atoms with Gasteiger partial charge in [0, 0.05) is 18.8 Å². The first-order valence-corrected chi connectivity index (χ1v) is 6.51. The number of benzene rings is 2. The normalized spacial score (nSPS) is 13.9. The molecule has 1 heterocycles. The molecule has 2 aromatic carbocycles. The van der Waals surface area contributed by atoms with Crippen molar-refractivity contribution in [3.63, 3.8) is 0 Å². The van der Waals surface area contributed by atoms with E-state index in [1.54, 1.807) is 0 Å². The molecule has 1 N–H and O–H groups in total. The number of fused-ring (bicyclic) bond motifs is 1. The van der Waals surface area contributed by atoms with Gasteiger partial charge in [-0.05, 0) is 23.6 Å². The number of nitrogens with one attached hydrogen (secondary N) is 1. The molecule has 2 amide bonds. The smallest absolute Gasteiger partial charge is 0.320 e. The third-order valence-electron chi connectivity index (χ3n) is 3.42. The van der Waals surface area contributed by atoms with Crippen LogP contribution in [0.15, 0.2) is 54.6 Å². The number of para-hydroxylation sites is 1. The quantitative estimate of drug-likeness (QED) is 0.893. The van der Waals surface area contributed by atoms with E-state index < -0.39 is 0 Å². The van der Waals surface area contributed by atoms with Crippen molar-refractivity contribution in [2.45, 2.75) is 13.0 Å². The highest BCUT2D eigenvalue weighted by Gasteiger charge is 2.21. The Kier molecular flexibility index (Phi) is 3.19. The monoisotopic (exact) mass is 252 g/mol. The van der Waals surface area contributed by atoms with Gasteiger partial charge in [0.2, 0.25) is 0 Å². The fourth-order valence-electron chi connectivity index (χ4n) is 2.34. The van der Waals surface area contributed by atoms with Gasteiger partial charge in [-0.25, -0.2) is 4.79 Å². The van der Waals surface area contributed by atoms with Gasteiger partial charge in [0.15, 0.2) is 0 Å². The van der Waals surface area contributed by atoms with Gasteiger partial charge < -0.3 is 10.2 Å². The number of anilines is 1. The summed E-state index contributed by atoms with van der Waals surface area (Å²) in [5.41, 5.74) is 3.37. The Hall–Kier alpha value is -2.29. The molecule has 0 saturated carbocycles. The summed E-state index contributed by atoms with van der Waals surface area (Å²) in [6.07, 6.45) is 0.885. The van der Waals surface area contributed by atoms with Gasteiger partial charge in [0.05, 0.1) is 0 Å². The van der Waals surface area contributed by atoms with E-state index in [-0.39, 0.29) is 6.03 Å². The molecular formula is C16H16N2O. The van der Waals surface area contributed by atoms with Crippen molar-refractivity contribution in [2.24, 2.45) is 0 Å². The SMILES string of the molecule is O=C1Nc2ccccc2CN1CCc1ccccc1. The maximum atomic E-state index is 12.0. The van der Waals surface area contributed by atoms with E-state index in [1.807, 2.05) is 41.3 Å². The van der Waals surface area contributed by atoms with Gasteiger partial charge >= 0.3 is 6.03 Å². The van der Waals surface area contributed by atoms with Gasteiger partial charge in [-0.1, -0.05) is 48.5 Å². The number of nitrogens with zero attached hydrogens (tertiary/aromatic N) is 1. The first-order valence-electron chi connectivity index (χ1n) is 6.51. The van der Waals surface area contributed by atoms with E-state index in [2.05, 4.69) is 23.5 Å². The third kappa shape index (κ3) is 2.60. The maximum Gasteiger partial charge on any atom is 0.322 e. The van der Waals surface area contributed by atoms with Crippen molar-refractivity contribution in [1.82, 2.24) is 4.90 Å². The number of urea groups is 1. The zero-order chi connectivity index (χ0) is 13.1. The predicted molar refractivity (Wildman–Crippen MR) is 76.0 cm³/mol. The number of carbonyl (C=O) groups excluding carboxylic acids is 1. The van der Waals surface area contributed by atoms with Gasteiger partial charge in [-0.15, -0.1) is 0 Å². The van der Waals surface area contributed by atoms with Crippen LogP contribution in [0.1, 0.15) is 11.1 Å². The minimum atomic E-state index is -0.00497. The summed E-state index contributed by atoms with van der Waals surface area (Å²) in [4.78, 5) is 13.8.